The van der Waals surface area contributed by atoms with Crippen molar-refractivity contribution in [1.29, 1.82) is 0 Å². The number of amides is 1. The second kappa shape index (κ2) is 7.46. The molecule has 0 saturated heterocycles. The third kappa shape index (κ3) is 3.45. The lowest BCUT2D eigenvalue weighted by molar-refractivity contribution is -0.118. The molecule has 4 rings (SSSR count). The van der Waals surface area contributed by atoms with E-state index in [1.54, 1.807) is 6.92 Å². The van der Waals surface area contributed by atoms with Crippen LogP contribution in [-0.2, 0) is 17.6 Å². The van der Waals surface area contributed by atoms with Crippen molar-refractivity contribution in [3.8, 4) is 0 Å². The van der Waals surface area contributed by atoms with Gasteiger partial charge in [0.25, 0.3) is 0 Å². The summed E-state index contributed by atoms with van der Waals surface area (Å²) >= 11 is 0. The van der Waals surface area contributed by atoms with Crippen LogP contribution >= 0.6 is 0 Å². The maximum atomic E-state index is 11.3. The second-order valence-corrected chi connectivity index (χ2v) is 7.33. The Balaban J connectivity index is 1.69. The highest BCUT2D eigenvalue weighted by Gasteiger charge is 2.29. The van der Waals surface area contributed by atoms with Crippen LogP contribution in [0.4, 0.5) is 0 Å². The summed E-state index contributed by atoms with van der Waals surface area (Å²) in [5.74, 6) is 0.0354. The average molecular weight is 346 g/mol. The number of aryl methyl sites for hydroxylation is 2. The van der Waals surface area contributed by atoms with Crippen molar-refractivity contribution < 1.29 is 4.79 Å². The van der Waals surface area contributed by atoms with Gasteiger partial charge < -0.3 is 5.32 Å². The summed E-state index contributed by atoms with van der Waals surface area (Å²) in [6.45, 7) is 4.20. The highest BCUT2D eigenvalue weighted by atomic mass is 16.1. The van der Waals surface area contributed by atoms with E-state index in [1.807, 2.05) is 0 Å². The van der Waals surface area contributed by atoms with Crippen molar-refractivity contribution in [2.45, 2.75) is 32.2 Å². The van der Waals surface area contributed by atoms with Crippen molar-refractivity contribution in [3.63, 3.8) is 0 Å². The molecule has 0 atom stereocenters. The third-order valence-electron chi connectivity index (χ3n) is 5.55. The van der Waals surface area contributed by atoms with E-state index < -0.39 is 0 Å². The summed E-state index contributed by atoms with van der Waals surface area (Å²) in [6, 6.07) is 18.1. The fourth-order valence-corrected chi connectivity index (χ4v) is 4.31. The molecule has 0 aromatic heterocycles. The summed E-state index contributed by atoms with van der Waals surface area (Å²) in [4.78, 5) is 13.9. The van der Waals surface area contributed by atoms with E-state index in [4.69, 9.17) is 0 Å². The predicted octanol–water partition coefficient (Wildman–Crippen LogP) is 3.64. The number of hydrogen-bond donors (Lipinski definition) is 1. The molecule has 134 valence electrons. The van der Waals surface area contributed by atoms with Crippen LogP contribution in [0.1, 0.15) is 41.6 Å². The predicted molar refractivity (Wildman–Crippen MR) is 105 cm³/mol. The molecule has 2 aromatic rings. The zero-order valence-electron chi connectivity index (χ0n) is 15.4. The lowest BCUT2D eigenvalue weighted by atomic mass is 9.91. The number of fused-ring (bicyclic) bond motifs is 2. The summed E-state index contributed by atoms with van der Waals surface area (Å²) in [5, 5.41) is 2.96. The summed E-state index contributed by atoms with van der Waals surface area (Å²) in [7, 11) is 0. The van der Waals surface area contributed by atoms with E-state index in [0.29, 0.717) is 12.6 Å². The Bertz CT molecular complexity index is 792. The number of rotatable bonds is 3. The Morgan fingerprint density at radius 1 is 1.04 bits per heavy atom. The molecule has 0 spiro atoms. The standard InChI is InChI=1S/C23H26N2O/c1-17(26)24-15-18-7-6-14-25(16-18)23-21-10-4-2-8-19(21)12-13-20-9-3-5-11-22(20)23/h2-5,7-11,23H,6,12-16H2,1H3,(H,24,26). The molecule has 2 aliphatic rings. The topological polar surface area (TPSA) is 32.3 Å². The monoisotopic (exact) mass is 346 g/mol. The molecule has 3 nitrogen and oxygen atoms in total. The van der Waals surface area contributed by atoms with E-state index in [-0.39, 0.29) is 5.91 Å². The zero-order valence-corrected chi connectivity index (χ0v) is 15.4. The molecular formula is C23H26N2O. The van der Waals surface area contributed by atoms with Gasteiger partial charge in [-0.2, -0.15) is 0 Å². The van der Waals surface area contributed by atoms with Gasteiger partial charge in [-0.05, 0) is 47.1 Å². The maximum Gasteiger partial charge on any atom is 0.217 e. The normalized spacial score (nSPS) is 17.7. The van der Waals surface area contributed by atoms with Crippen LogP contribution in [0.25, 0.3) is 0 Å². The van der Waals surface area contributed by atoms with Crippen molar-refractivity contribution in [3.05, 3.63) is 82.4 Å². The molecule has 1 aliphatic carbocycles. The molecular weight excluding hydrogens is 320 g/mol. The largest absolute Gasteiger partial charge is 0.353 e. The number of benzene rings is 2. The minimum atomic E-state index is 0.0354. The first-order valence-electron chi connectivity index (χ1n) is 9.54. The van der Waals surface area contributed by atoms with Gasteiger partial charge in [0, 0.05) is 26.6 Å². The van der Waals surface area contributed by atoms with Crippen LogP contribution in [0.3, 0.4) is 0 Å². The summed E-state index contributed by atoms with van der Waals surface area (Å²) in [5.41, 5.74) is 7.13. The van der Waals surface area contributed by atoms with E-state index in [1.165, 1.54) is 27.8 Å². The first-order chi connectivity index (χ1) is 12.7. The lowest BCUT2D eigenvalue weighted by Crippen LogP contribution is -2.37. The van der Waals surface area contributed by atoms with Crippen molar-refractivity contribution in [2.24, 2.45) is 0 Å². The molecule has 1 aliphatic heterocycles. The van der Waals surface area contributed by atoms with E-state index in [0.717, 1.165) is 32.4 Å². The van der Waals surface area contributed by atoms with Crippen LogP contribution < -0.4 is 5.32 Å². The molecule has 1 heterocycles. The van der Waals surface area contributed by atoms with Crippen LogP contribution in [0.15, 0.2) is 60.2 Å². The van der Waals surface area contributed by atoms with E-state index >= 15 is 0 Å². The Morgan fingerprint density at radius 2 is 1.65 bits per heavy atom. The molecule has 1 amide bonds. The fraction of sp³-hybridized carbons (Fsp3) is 0.348. The Kier molecular flexibility index (Phi) is 4.89. The van der Waals surface area contributed by atoms with Crippen LogP contribution in [0, 0.1) is 0 Å². The quantitative estimate of drug-likeness (QED) is 0.861. The molecule has 1 N–H and O–H groups in total. The molecule has 0 radical (unpaired) electrons. The van der Waals surface area contributed by atoms with Crippen molar-refractivity contribution in [1.82, 2.24) is 10.2 Å². The van der Waals surface area contributed by atoms with Gasteiger partial charge in [-0.15, -0.1) is 0 Å². The van der Waals surface area contributed by atoms with Gasteiger partial charge in [0.1, 0.15) is 0 Å². The fourth-order valence-electron chi connectivity index (χ4n) is 4.31. The van der Waals surface area contributed by atoms with E-state index in [9.17, 15) is 4.79 Å². The van der Waals surface area contributed by atoms with Crippen LogP contribution in [0.5, 0.6) is 0 Å². The minimum Gasteiger partial charge on any atom is -0.353 e. The van der Waals surface area contributed by atoms with Crippen molar-refractivity contribution in [2.75, 3.05) is 19.6 Å². The first-order valence-corrected chi connectivity index (χ1v) is 9.54. The minimum absolute atomic E-state index is 0.0354. The van der Waals surface area contributed by atoms with Crippen LogP contribution in [0.2, 0.25) is 0 Å². The average Bonchev–Trinajstić information content (AvgIpc) is 2.83. The molecule has 0 saturated carbocycles. The molecule has 0 bridgehead atoms. The smallest absolute Gasteiger partial charge is 0.217 e. The number of carbonyl (C=O) groups is 1. The zero-order chi connectivity index (χ0) is 17.9. The molecule has 0 fully saturated rings. The van der Waals surface area contributed by atoms with Gasteiger partial charge in [-0.3, -0.25) is 9.69 Å². The SMILES string of the molecule is CC(=O)NCC1=CCCN(C2c3ccccc3CCc3ccccc32)C1. The Labute approximate surface area is 155 Å². The van der Waals surface area contributed by atoms with Gasteiger partial charge in [0.05, 0.1) is 6.04 Å². The van der Waals surface area contributed by atoms with Gasteiger partial charge in [-0.1, -0.05) is 54.6 Å². The van der Waals surface area contributed by atoms with Gasteiger partial charge in [0.15, 0.2) is 0 Å². The first kappa shape index (κ1) is 17.0. The highest BCUT2D eigenvalue weighted by Crippen LogP contribution is 2.37. The number of nitrogens with one attached hydrogen (secondary N) is 1. The second-order valence-electron chi connectivity index (χ2n) is 7.33. The lowest BCUT2D eigenvalue weighted by Gasteiger charge is -2.36. The molecule has 3 heteroatoms. The maximum absolute atomic E-state index is 11.3. The van der Waals surface area contributed by atoms with Crippen molar-refractivity contribution >= 4 is 5.91 Å². The molecule has 0 unspecified atom stereocenters. The Hall–Kier alpha value is -2.39. The van der Waals surface area contributed by atoms with Gasteiger partial charge in [0.2, 0.25) is 5.91 Å². The van der Waals surface area contributed by atoms with Gasteiger partial charge >= 0.3 is 0 Å². The third-order valence-corrected chi connectivity index (χ3v) is 5.55. The summed E-state index contributed by atoms with van der Waals surface area (Å²) < 4.78 is 0. The number of nitrogens with zero attached hydrogens (tertiary/aromatic N) is 1. The highest BCUT2D eigenvalue weighted by molar-refractivity contribution is 5.73. The molecule has 2 aromatic carbocycles. The van der Waals surface area contributed by atoms with Crippen LogP contribution in [-0.4, -0.2) is 30.4 Å². The van der Waals surface area contributed by atoms with E-state index in [2.05, 4.69) is 64.8 Å². The Morgan fingerprint density at radius 3 is 2.27 bits per heavy atom. The number of carbonyl (C=O) groups excluding carboxylic acids is 1. The summed E-state index contributed by atoms with van der Waals surface area (Å²) in [6.07, 6.45) is 5.54. The number of hydrogen-bond acceptors (Lipinski definition) is 2. The van der Waals surface area contributed by atoms with Gasteiger partial charge in [-0.25, -0.2) is 0 Å². The molecule has 26 heavy (non-hydrogen) atoms.